The van der Waals surface area contributed by atoms with Crippen LogP contribution in [0.5, 0.6) is 11.5 Å². The molecular weight excluding hydrogens is 488 g/mol. The fraction of sp³-hybridized carbons (Fsp3) is 0.304. The molecular formula is C23H22N6O6S. The van der Waals surface area contributed by atoms with Gasteiger partial charge in [0.1, 0.15) is 17.2 Å². The number of fused-ring (bicyclic) bond motifs is 1. The van der Waals surface area contributed by atoms with Gasteiger partial charge in [0.25, 0.3) is 0 Å². The number of nitrogens with zero attached hydrogens (tertiary/aromatic N) is 5. The number of aromatic nitrogens is 4. The molecule has 1 saturated carbocycles. The van der Waals surface area contributed by atoms with Crippen molar-refractivity contribution < 1.29 is 28.1 Å². The quantitative estimate of drug-likeness (QED) is 0.403. The largest absolute Gasteiger partial charge is 0.506 e. The van der Waals surface area contributed by atoms with Crippen molar-refractivity contribution in [2.75, 3.05) is 18.4 Å². The average molecular weight is 511 g/mol. The first-order chi connectivity index (χ1) is 17.3. The number of phenols is 1. The smallest absolute Gasteiger partial charge is 0.237 e. The van der Waals surface area contributed by atoms with E-state index < -0.39 is 21.4 Å². The third-order valence-corrected chi connectivity index (χ3v) is 7.42. The fourth-order valence-electron chi connectivity index (χ4n) is 3.86. The zero-order valence-corrected chi connectivity index (χ0v) is 20.2. The minimum absolute atomic E-state index is 0.0439. The highest BCUT2D eigenvalue weighted by molar-refractivity contribution is 7.93. The number of aliphatic hydroxyl groups is 1. The van der Waals surface area contributed by atoms with Crippen LogP contribution in [-0.2, 0) is 14.8 Å². The molecule has 36 heavy (non-hydrogen) atoms. The average Bonchev–Trinajstić information content (AvgIpc) is 3.20. The number of sulfonamides is 1. The van der Waals surface area contributed by atoms with Crippen LogP contribution in [0.15, 0.2) is 46.9 Å². The van der Waals surface area contributed by atoms with Crippen molar-refractivity contribution in [1.29, 1.82) is 0 Å². The molecule has 0 radical (unpaired) electrons. The number of nitrogens with one attached hydrogen (secondary N) is 1. The summed E-state index contributed by atoms with van der Waals surface area (Å²) in [5.41, 5.74) is 6.45. The number of imidazole rings is 1. The van der Waals surface area contributed by atoms with E-state index in [4.69, 9.17) is 9.47 Å². The maximum atomic E-state index is 12.7. The highest BCUT2D eigenvalue weighted by Crippen LogP contribution is 2.37. The van der Waals surface area contributed by atoms with Gasteiger partial charge in [-0.05, 0) is 37.6 Å². The standard InChI is InChI=1S/C23H22N6O6S/c1-3-35-19-9-4-6-15(25-19)22-27-21-23(29(22)20-16(31)7-5-8-17(20)34-2)26-18(12-24-21)28-36(32,33)14-10-13(30)11-14/h5,7-9,12-14,30-31H,3,10-11H2,1-2H3,(H,26,28)/t13-,14+. The van der Waals surface area contributed by atoms with Crippen molar-refractivity contribution >= 4 is 38.7 Å². The van der Waals surface area contributed by atoms with Gasteiger partial charge in [-0.1, -0.05) is 11.8 Å². The molecule has 12 nitrogen and oxygen atoms in total. The molecule has 2 aliphatic rings. The summed E-state index contributed by atoms with van der Waals surface area (Å²) in [6.07, 6.45) is 2.44. The number of rotatable bonds is 7. The van der Waals surface area contributed by atoms with E-state index in [0.717, 1.165) is 0 Å². The Balaban J connectivity index is 1.70. The summed E-state index contributed by atoms with van der Waals surface area (Å²) < 4.78 is 40.2. The Morgan fingerprint density at radius 1 is 1.28 bits per heavy atom. The predicted octanol–water partition coefficient (Wildman–Crippen LogP) is 1.89. The van der Waals surface area contributed by atoms with E-state index in [2.05, 4.69) is 36.1 Å². The zero-order chi connectivity index (χ0) is 25.4. The number of hydrogen-bond acceptors (Lipinski definition) is 10. The Morgan fingerprint density at radius 3 is 2.81 bits per heavy atom. The molecule has 0 atom stereocenters. The number of aliphatic imine (C=N–C) groups is 1. The summed E-state index contributed by atoms with van der Waals surface area (Å²) in [6, 6.07) is 4.73. The van der Waals surface area contributed by atoms with Crippen molar-refractivity contribution in [3.8, 4) is 17.2 Å². The monoisotopic (exact) mass is 510 g/mol. The Kier molecular flexibility index (Phi) is 5.99. The van der Waals surface area contributed by atoms with Gasteiger partial charge in [-0.25, -0.2) is 28.4 Å². The SMILES string of the molecule is CCOC1=NC(c2nc3ncc(NS(=O)(=O)[C@H]4C[C@@H](O)C4)nc3n2-c2c(O)cccc2OC)=C=C=C1. The van der Waals surface area contributed by atoms with Crippen LogP contribution in [0, 0.1) is 0 Å². The summed E-state index contributed by atoms with van der Waals surface area (Å²) in [6.45, 7) is 2.21. The van der Waals surface area contributed by atoms with Gasteiger partial charge in [-0.15, -0.1) is 0 Å². The van der Waals surface area contributed by atoms with Crippen molar-refractivity contribution in [3.63, 3.8) is 0 Å². The molecule has 0 saturated heterocycles. The molecule has 3 aromatic rings. The van der Waals surface area contributed by atoms with Gasteiger partial charge in [-0.3, -0.25) is 9.29 Å². The summed E-state index contributed by atoms with van der Waals surface area (Å²) >= 11 is 0. The van der Waals surface area contributed by atoms with Crippen LogP contribution >= 0.6 is 0 Å². The molecule has 1 aliphatic carbocycles. The second kappa shape index (κ2) is 9.14. The minimum Gasteiger partial charge on any atom is -0.506 e. The normalized spacial score (nSPS) is 19.0. The lowest BCUT2D eigenvalue weighted by Crippen LogP contribution is -2.42. The molecule has 1 fully saturated rings. The Morgan fingerprint density at radius 2 is 2.08 bits per heavy atom. The molecule has 13 heteroatoms. The van der Waals surface area contributed by atoms with Crippen LogP contribution in [0.25, 0.3) is 22.7 Å². The molecule has 0 amide bonds. The number of benzene rings is 1. The Hall–Kier alpha value is -4.15. The highest BCUT2D eigenvalue weighted by atomic mass is 32.2. The van der Waals surface area contributed by atoms with E-state index in [1.54, 1.807) is 12.1 Å². The predicted molar refractivity (Wildman–Crippen MR) is 131 cm³/mol. The van der Waals surface area contributed by atoms with Gasteiger partial charge in [0, 0.05) is 0 Å². The first-order valence-corrected chi connectivity index (χ1v) is 12.6. The third kappa shape index (κ3) is 4.21. The van der Waals surface area contributed by atoms with Crippen LogP contribution in [0.1, 0.15) is 25.6 Å². The van der Waals surface area contributed by atoms with Gasteiger partial charge >= 0.3 is 0 Å². The molecule has 3 heterocycles. The number of methoxy groups -OCH3 is 1. The van der Waals surface area contributed by atoms with E-state index in [0.29, 0.717) is 18.3 Å². The molecule has 3 N–H and O–H groups in total. The lowest BCUT2D eigenvalue weighted by molar-refractivity contribution is 0.0979. The van der Waals surface area contributed by atoms with Crippen molar-refractivity contribution in [2.45, 2.75) is 31.1 Å². The van der Waals surface area contributed by atoms with Gasteiger partial charge in [-0.2, -0.15) is 0 Å². The van der Waals surface area contributed by atoms with E-state index in [9.17, 15) is 18.6 Å². The molecule has 186 valence electrons. The van der Waals surface area contributed by atoms with Gasteiger partial charge < -0.3 is 19.7 Å². The molecule has 2 aromatic heterocycles. The maximum absolute atomic E-state index is 12.7. The number of anilines is 1. The molecule has 1 aromatic carbocycles. The van der Waals surface area contributed by atoms with Crippen molar-refractivity contribution in [3.05, 3.63) is 47.8 Å². The molecule has 0 bridgehead atoms. The number of hydrogen-bond donors (Lipinski definition) is 3. The zero-order valence-electron chi connectivity index (χ0n) is 19.3. The van der Waals surface area contributed by atoms with Crippen molar-refractivity contribution in [2.24, 2.45) is 4.99 Å². The summed E-state index contributed by atoms with van der Waals surface area (Å²) in [5, 5.41) is 19.6. The van der Waals surface area contributed by atoms with E-state index in [1.807, 2.05) is 6.92 Å². The lowest BCUT2D eigenvalue weighted by atomic mass is 9.96. The van der Waals surface area contributed by atoms with Gasteiger partial charge in [0.2, 0.25) is 15.9 Å². The summed E-state index contributed by atoms with van der Waals surface area (Å²) in [7, 11) is -2.34. The molecule has 0 spiro atoms. The highest BCUT2D eigenvalue weighted by Gasteiger charge is 2.38. The molecule has 5 rings (SSSR count). The maximum Gasteiger partial charge on any atom is 0.237 e. The van der Waals surface area contributed by atoms with Gasteiger partial charge in [0.05, 0.1) is 37.3 Å². The Labute approximate surface area is 206 Å². The number of ether oxygens (including phenoxy) is 2. The molecule has 0 unspecified atom stereocenters. The number of aromatic hydroxyl groups is 1. The van der Waals surface area contributed by atoms with Crippen LogP contribution in [0.4, 0.5) is 5.82 Å². The second-order valence-corrected chi connectivity index (χ2v) is 10.0. The summed E-state index contributed by atoms with van der Waals surface area (Å²) in [4.78, 5) is 17.7. The topological polar surface area (TPSA) is 161 Å². The van der Waals surface area contributed by atoms with Crippen molar-refractivity contribution in [1.82, 2.24) is 19.5 Å². The fourth-order valence-corrected chi connectivity index (χ4v) is 5.36. The third-order valence-electron chi connectivity index (χ3n) is 5.66. The van der Waals surface area contributed by atoms with Gasteiger partial charge in [0.15, 0.2) is 28.6 Å². The lowest BCUT2D eigenvalue weighted by Gasteiger charge is -2.30. The number of aliphatic hydroxyl groups excluding tert-OH is 1. The summed E-state index contributed by atoms with van der Waals surface area (Å²) in [5.74, 6) is 0.612. The van der Waals surface area contributed by atoms with E-state index >= 15 is 0 Å². The first-order valence-electron chi connectivity index (χ1n) is 11.1. The van der Waals surface area contributed by atoms with E-state index in [-0.39, 0.29) is 52.9 Å². The second-order valence-electron chi connectivity index (χ2n) is 8.04. The van der Waals surface area contributed by atoms with Crippen LogP contribution in [0.3, 0.4) is 0 Å². The van der Waals surface area contributed by atoms with E-state index in [1.165, 1.54) is 30.0 Å². The number of para-hydroxylation sites is 1. The van der Waals surface area contributed by atoms with Crippen LogP contribution in [0.2, 0.25) is 0 Å². The molecule has 1 aliphatic heterocycles. The van der Waals surface area contributed by atoms with Crippen LogP contribution in [-0.4, -0.2) is 69.1 Å². The first kappa shape index (κ1) is 23.6. The van der Waals surface area contributed by atoms with Crippen LogP contribution < -0.4 is 9.46 Å². The minimum atomic E-state index is -3.79. The Bertz CT molecular complexity index is 1590. The number of phenolic OH excluding ortho intramolecular Hbond substituents is 1.